The van der Waals surface area contributed by atoms with Gasteiger partial charge in [-0.1, -0.05) is 0 Å². The van der Waals surface area contributed by atoms with Crippen LogP contribution in [0.5, 0.6) is 0 Å². The van der Waals surface area contributed by atoms with Crippen LogP contribution in [0, 0.1) is 5.92 Å². The van der Waals surface area contributed by atoms with E-state index in [1.54, 1.807) is 11.7 Å². The van der Waals surface area contributed by atoms with Gasteiger partial charge in [0.2, 0.25) is 5.91 Å². The lowest BCUT2D eigenvalue weighted by Crippen LogP contribution is -2.38. The van der Waals surface area contributed by atoms with E-state index in [-0.39, 0.29) is 17.4 Å². The van der Waals surface area contributed by atoms with Crippen molar-refractivity contribution in [2.75, 3.05) is 13.1 Å². The molecule has 8 heteroatoms. The van der Waals surface area contributed by atoms with Crippen LogP contribution in [0.4, 0.5) is 0 Å². The molecule has 2 aromatic heterocycles. The number of nitrogens with one attached hydrogen (secondary N) is 1. The van der Waals surface area contributed by atoms with Gasteiger partial charge in [0.05, 0.1) is 12.7 Å². The first-order chi connectivity index (χ1) is 10.0. The number of H-pyrrole nitrogens is 1. The lowest BCUT2D eigenvalue weighted by molar-refractivity contribution is -0.123. The predicted octanol–water partition coefficient (Wildman–Crippen LogP) is -0.646. The number of carbonyl (C=O) groups is 1. The topological polar surface area (TPSA) is 110 Å². The molecule has 21 heavy (non-hydrogen) atoms. The molecule has 0 spiro atoms. The summed E-state index contributed by atoms with van der Waals surface area (Å²) in [5.41, 5.74) is 5.74. The largest absolute Gasteiger partial charge is 0.369 e. The zero-order chi connectivity index (χ0) is 15.0. The van der Waals surface area contributed by atoms with Crippen molar-refractivity contribution in [3.8, 4) is 0 Å². The van der Waals surface area contributed by atoms with Gasteiger partial charge >= 0.3 is 0 Å². The maximum Gasteiger partial charge on any atom is 0.262 e. The normalized spacial score (nSPS) is 17.4. The van der Waals surface area contributed by atoms with E-state index in [2.05, 4.69) is 20.0 Å². The molecule has 1 fully saturated rings. The zero-order valence-corrected chi connectivity index (χ0v) is 11.9. The van der Waals surface area contributed by atoms with Crippen LogP contribution in [0.2, 0.25) is 0 Å². The molecular weight excluding hydrogens is 272 g/mol. The van der Waals surface area contributed by atoms with Crippen molar-refractivity contribution < 1.29 is 4.79 Å². The summed E-state index contributed by atoms with van der Waals surface area (Å²) in [6.07, 6.45) is 3.03. The van der Waals surface area contributed by atoms with Crippen LogP contribution in [0.15, 0.2) is 11.0 Å². The summed E-state index contributed by atoms with van der Waals surface area (Å²) in [7, 11) is 1.76. The Kier molecular flexibility index (Phi) is 3.46. The van der Waals surface area contributed by atoms with Crippen molar-refractivity contribution in [3.05, 3.63) is 22.4 Å². The van der Waals surface area contributed by atoms with Gasteiger partial charge in [-0.15, -0.1) is 0 Å². The number of nitrogens with zero attached hydrogens (tertiary/aromatic N) is 4. The first kappa shape index (κ1) is 13.7. The van der Waals surface area contributed by atoms with E-state index in [1.165, 1.54) is 6.20 Å². The molecule has 0 radical (unpaired) electrons. The van der Waals surface area contributed by atoms with Crippen molar-refractivity contribution in [3.63, 3.8) is 0 Å². The summed E-state index contributed by atoms with van der Waals surface area (Å²) in [5.74, 6) is 0.360. The standard InChI is InChI=1S/C13H18N6O2/c1-18-12-9(6-15-18)13(21)17-10(16-12)7-19-4-2-8(3-5-19)11(14)20/h6,8H,2-5,7H2,1H3,(H2,14,20)(H,16,17,21). The van der Waals surface area contributed by atoms with Crippen LogP contribution in [0.1, 0.15) is 18.7 Å². The molecule has 1 saturated heterocycles. The summed E-state index contributed by atoms with van der Waals surface area (Å²) in [5, 5.41) is 4.54. The second-order valence-electron chi connectivity index (χ2n) is 5.47. The minimum atomic E-state index is -0.225. The summed E-state index contributed by atoms with van der Waals surface area (Å²) >= 11 is 0. The number of fused-ring (bicyclic) bond motifs is 1. The first-order valence-electron chi connectivity index (χ1n) is 6.97. The van der Waals surface area contributed by atoms with Crippen LogP contribution in [-0.4, -0.2) is 43.6 Å². The van der Waals surface area contributed by atoms with Crippen LogP contribution in [-0.2, 0) is 18.4 Å². The molecule has 0 aromatic carbocycles. The fraction of sp³-hybridized carbons (Fsp3) is 0.538. The molecule has 3 N–H and O–H groups in total. The van der Waals surface area contributed by atoms with E-state index < -0.39 is 0 Å². The van der Waals surface area contributed by atoms with Crippen molar-refractivity contribution in [1.82, 2.24) is 24.6 Å². The number of carbonyl (C=O) groups excluding carboxylic acids is 1. The van der Waals surface area contributed by atoms with Gasteiger partial charge in [-0.05, 0) is 25.9 Å². The summed E-state index contributed by atoms with van der Waals surface area (Å²) in [6, 6.07) is 0. The highest BCUT2D eigenvalue weighted by Gasteiger charge is 2.23. The van der Waals surface area contributed by atoms with Gasteiger partial charge in [0.1, 0.15) is 11.2 Å². The Balaban J connectivity index is 1.75. The van der Waals surface area contributed by atoms with E-state index in [0.29, 0.717) is 23.4 Å². The van der Waals surface area contributed by atoms with Crippen molar-refractivity contribution >= 4 is 16.9 Å². The van der Waals surface area contributed by atoms with Crippen molar-refractivity contribution in [2.45, 2.75) is 19.4 Å². The van der Waals surface area contributed by atoms with Crippen LogP contribution in [0.25, 0.3) is 11.0 Å². The molecule has 112 valence electrons. The fourth-order valence-electron chi connectivity index (χ4n) is 2.74. The van der Waals surface area contributed by atoms with Gasteiger partial charge in [0, 0.05) is 13.0 Å². The Morgan fingerprint density at radius 3 is 2.86 bits per heavy atom. The third-order valence-corrected chi connectivity index (χ3v) is 4.01. The van der Waals surface area contributed by atoms with Crippen molar-refractivity contribution in [1.29, 1.82) is 0 Å². The smallest absolute Gasteiger partial charge is 0.262 e. The Bertz CT molecular complexity index is 726. The fourth-order valence-corrected chi connectivity index (χ4v) is 2.74. The number of rotatable bonds is 3. The maximum absolute atomic E-state index is 12.0. The minimum Gasteiger partial charge on any atom is -0.369 e. The molecular formula is C13H18N6O2. The predicted molar refractivity (Wildman–Crippen MR) is 76.3 cm³/mol. The van der Waals surface area contributed by atoms with E-state index in [9.17, 15) is 9.59 Å². The Labute approximate surface area is 120 Å². The van der Waals surface area contributed by atoms with E-state index in [4.69, 9.17) is 5.73 Å². The molecule has 8 nitrogen and oxygen atoms in total. The molecule has 1 aliphatic rings. The van der Waals surface area contributed by atoms with Crippen LogP contribution >= 0.6 is 0 Å². The van der Waals surface area contributed by atoms with E-state index >= 15 is 0 Å². The number of aromatic amines is 1. The SMILES string of the molecule is Cn1ncc2c(=O)[nH]c(CN3CCC(C(N)=O)CC3)nc21. The lowest BCUT2D eigenvalue weighted by Gasteiger charge is -2.29. The highest BCUT2D eigenvalue weighted by Crippen LogP contribution is 2.17. The van der Waals surface area contributed by atoms with Crippen molar-refractivity contribution in [2.24, 2.45) is 18.7 Å². The van der Waals surface area contributed by atoms with Crippen LogP contribution < -0.4 is 11.3 Å². The highest BCUT2D eigenvalue weighted by molar-refractivity contribution is 5.76. The Morgan fingerprint density at radius 2 is 2.19 bits per heavy atom. The first-order valence-corrected chi connectivity index (χ1v) is 6.97. The van der Waals surface area contributed by atoms with E-state index in [0.717, 1.165) is 25.9 Å². The zero-order valence-electron chi connectivity index (χ0n) is 11.9. The molecule has 1 aliphatic heterocycles. The number of hydrogen-bond donors (Lipinski definition) is 2. The van der Waals surface area contributed by atoms with Crippen LogP contribution in [0.3, 0.4) is 0 Å². The van der Waals surface area contributed by atoms with Gasteiger partial charge in [-0.2, -0.15) is 5.10 Å². The highest BCUT2D eigenvalue weighted by atomic mass is 16.1. The summed E-state index contributed by atoms with van der Waals surface area (Å²) in [4.78, 5) is 32.5. The number of likely N-dealkylation sites (tertiary alicyclic amines) is 1. The quantitative estimate of drug-likeness (QED) is 0.781. The number of hydrogen-bond acceptors (Lipinski definition) is 5. The summed E-state index contributed by atoms with van der Waals surface area (Å²) < 4.78 is 1.59. The van der Waals surface area contributed by atoms with Gasteiger partial charge in [-0.25, -0.2) is 4.98 Å². The van der Waals surface area contributed by atoms with Gasteiger partial charge in [0.25, 0.3) is 5.56 Å². The van der Waals surface area contributed by atoms with Gasteiger partial charge in [0.15, 0.2) is 5.65 Å². The number of nitrogens with two attached hydrogens (primary N) is 1. The van der Waals surface area contributed by atoms with Gasteiger partial charge < -0.3 is 10.7 Å². The molecule has 1 amide bonds. The molecule has 3 rings (SSSR count). The molecule has 0 bridgehead atoms. The third kappa shape index (κ3) is 2.66. The number of primary amides is 1. The maximum atomic E-state index is 12.0. The van der Waals surface area contributed by atoms with E-state index in [1.807, 2.05) is 0 Å². The second kappa shape index (κ2) is 5.28. The molecule has 2 aromatic rings. The molecule has 0 atom stereocenters. The summed E-state index contributed by atoms with van der Waals surface area (Å²) in [6.45, 7) is 2.11. The third-order valence-electron chi connectivity index (χ3n) is 4.01. The monoisotopic (exact) mass is 290 g/mol. The average molecular weight is 290 g/mol. The number of piperidine rings is 1. The van der Waals surface area contributed by atoms with Gasteiger partial charge in [-0.3, -0.25) is 19.2 Å². The molecule has 0 saturated carbocycles. The molecule has 0 aliphatic carbocycles. The Hall–Kier alpha value is -2.22. The average Bonchev–Trinajstić information content (AvgIpc) is 2.82. The lowest BCUT2D eigenvalue weighted by atomic mass is 9.96. The number of aromatic nitrogens is 4. The number of amides is 1. The number of aryl methyl sites for hydroxylation is 1. The Morgan fingerprint density at radius 1 is 1.48 bits per heavy atom. The molecule has 0 unspecified atom stereocenters. The molecule has 3 heterocycles. The second-order valence-corrected chi connectivity index (χ2v) is 5.47. The minimum absolute atomic E-state index is 0.0344.